The van der Waals surface area contributed by atoms with Gasteiger partial charge in [0, 0.05) is 43.3 Å². The number of carbonyl (C=O) groups excluding carboxylic acids is 3. The molecule has 0 unspecified atom stereocenters. The average molecular weight is 491 g/mol. The fourth-order valence-corrected chi connectivity index (χ4v) is 4.65. The van der Waals surface area contributed by atoms with E-state index in [1.807, 2.05) is 13.8 Å². The summed E-state index contributed by atoms with van der Waals surface area (Å²) in [7, 11) is 2.96. The predicted octanol–water partition coefficient (Wildman–Crippen LogP) is 0.651. The zero-order valence-corrected chi connectivity index (χ0v) is 20.5. The van der Waals surface area contributed by atoms with Gasteiger partial charge in [-0.15, -0.1) is 0 Å². The van der Waals surface area contributed by atoms with Crippen LogP contribution < -0.4 is 14.8 Å². The van der Waals surface area contributed by atoms with Crippen LogP contribution in [0, 0.1) is 5.92 Å². The Labute approximate surface area is 204 Å². The number of methoxy groups -OCH3 is 2. The summed E-state index contributed by atoms with van der Waals surface area (Å²) in [4.78, 5) is 39.4. The molecule has 0 bridgehead atoms. The third-order valence-electron chi connectivity index (χ3n) is 6.21. The van der Waals surface area contributed by atoms with Crippen molar-refractivity contribution in [2.24, 2.45) is 5.92 Å². The molecule has 10 nitrogen and oxygen atoms in total. The summed E-state index contributed by atoms with van der Waals surface area (Å²) >= 11 is 0. The molecule has 1 aliphatic carbocycles. The van der Waals surface area contributed by atoms with Crippen molar-refractivity contribution in [1.82, 2.24) is 10.2 Å². The molecule has 192 valence electrons. The first kappa shape index (κ1) is 26.7. The van der Waals surface area contributed by atoms with E-state index in [0.717, 1.165) is 0 Å². The van der Waals surface area contributed by atoms with E-state index >= 15 is 0 Å². The van der Waals surface area contributed by atoms with E-state index in [1.165, 1.54) is 25.2 Å². The highest BCUT2D eigenvalue weighted by Gasteiger charge is 2.51. The van der Waals surface area contributed by atoms with Crippen LogP contribution >= 0.6 is 0 Å². The highest BCUT2D eigenvalue weighted by molar-refractivity contribution is 5.96. The summed E-state index contributed by atoms with van der Waals surface area (Å²) in [5.74, 6) is -0.595. The van der Waals surface area contributed by atoms with E-state index in [-0.39, 0.29) is 50.1 Å². The van der Waals surface area contributed by atoms with E-state index in [1.54, 1.807) is 12.1 Å². The normalized spacial score (nSPS) is 22.5. The lowest BCUT2D eigenvalue weighted by molar-refractivity contribution is -0.138. The number of amides is 2. The summed E-state index contributed by atoms with van der Waals surface area (Å²) in [5.41, 5.74) is 1.16. The average Bonchev–Trinajstić information content (AvgIpc) is 3.22. The molecule has 3 rings (SSSR count). The van der Waals surface area contributed by atoms with Gasteiger partial charge in [-0.2, -0.15) is 0 Å². The quantitative estimate of drug-likeness (QED) is 0.385. The van der Waals surface area contributed by atoms with Gasteiger partial charge in [-0.25, -0.2) is 0 Å². The van der Waals surface area contributed by atoms with Crippen molar-refractivity contribution in [3.05, 3.63) is 34.9 Å². The van der Waals surface area contributed by atoms with Crippen LogP contribution in [0.1, 0.15) is 42.1 Å². The molecule has 0 saturated heterocycles. The fourth-order valence-electron chi connectivity index (χ4n) is 4.65. The van der Waals surface area contributed by atoms with Crippen LogP contribution in [-0.2, 0) is 14.3 Å². The minimum atomic E-state index is -1.17. The number of hydrogen-bond donors (Lipinski definition) is 3. The second kappa shape index (κ2) is 11.7. The largest absolute Gasteiger partial charge is 0.493 e. The zero-order chi connectivity index (χ0) is 25.7. The molecule has 0 radical (unpaired) electrons. The molecule has 1 aromatic rings. The molecule has 0 aromatic heterocycles. The molecular weight excluding hydrogens is 456 g/mol. The van der Waals surface area contributed by atoms with Gasteiger partial charge in [-0.3, -0.25) is 14.4 Å². The van der Waals surface area contributed by atoms with Gasteiger partial charge in [-0.05, 0) is 24.1 Å². The lowest BCUT2D eigenvalue weighted by Crippen LogP contribution is -2.56. The molecule has 0 fully saturated rings. The Hall–Kier alpha value is -2.95. The number of hydrogen-bond acceptors (Lipinski definition) is 8. The maximum absolute atomic E-state index is 13.2. The van der Waals surface area contributed by atoms with Crippen molar-refractivity contribution in [2.45, 2.75) is 44.4 Å². The molecule has 4 atom stereocenters. The van der Waals surface area contributed by atoms with Crippen molar-refractivity contribution >= 4 is 18.1 Å². The second-order valence-corrected chi connectivity index (χ2v) is 9.08. The van der Waals surface area contributed by atoms with Crippen molar-refractivity contribution in [2.75, 3.05) is 40.5 Å². The molecular formula is C25H34N2O8. The summed E-state index contributed by atoms with van der Waals surface area (Å²) < 4.78 is 16.7. The first-order chi connectivity index (χ1) is 16.8. The van der Waals surface area contributed by atoms with E-state index in [9.17, 15) is 24.6 Å². The van der Waals surface area contributed by atoms with Gasteiger partial charge in [0.2, 0.25) is 11.8 Å². The van der Waals surface area contributed by atoms with Crippen LogP contribution in [0.4, 0.5) is 0 Å². The van der Waals surface area contributed by atoms with Gasteiger partial charge in [0.1, 0.15) is 18.5 Å². The minimum Gasteiger partial charge on any atom is -0.493 e. The van der Waals surface area contributed by atoms with Gasteiger partial charge < -0.3 is 34.6 Å². The van der Waals surface area contributed by atoms with E-state index in [0.29, 0.717) is 28.9 Å². The number of ether oxygens (including phenoxy) is 3. The molecule has 1 heterocycles. The van der Waals surface area contributed by atoms with Gasteiger partial charge in [0.15, 0.2) is 11.5 Å². The summed E-state index contributed by atoms with van der Waals surface area (Å²) in [6, 6.07) is 2.29. The smallest absolute Gasteiger partial charge is 0.247 e. The number of aliphatic hydroxyl groups is 2. The van der Waals surface area contributed by atoms with Crippen molar-refractivity contribution in [3.63, 3.8) is 0 Å². The molecule has 1 aliphatic heterocycles. The third-order valence-corrected chi connectivity index (χ3v) is 6.21. The molecule has 2 amide bonds. The first-order valence-electron chi connectivity index (χ1n) is 11.7. The Kier molecular flexibility index (Phi) is 8.87. The lowest BCUT2D eigenvalue weighted by Gasteiger charge is -2.41. The Morgan fingerprint density at radius 2 is 2.03 bits per heavy atom. The first-order valence-corrected chi connectivity index (χ1v) is 11.7. The fraction of sp³-hybridized carbons (Fsp3) is 0.560. The van der Waals surface area contributed by atoms with Gasteiger partial charge in [0.25, 0.3) is 0 Å². The van der Waals surface area contributed by atoms with E-state index < -0.39 is 30.1 Å². The van der Waals surface area contributed by atoms with Crippen molar-refractivity contribution in [3.8, 4) is 11.5 Å². The molecule has 2 aliphatic rings. The Morgan fingerprint density at radius 1 is 1.29 bits per heavy atom. The lowest BCUT2D eigenvalue weighted by atomic mass is 9.77. The van der Waals surface area contributed by atoms with Crippen LogP contribution in [0.25, 0.3) is 0 Å². The van der Waals surface area contributed by atoms with Crippen molar-refractivity contribution in [1.29, 1.82) is 0 Å². The third kappa shape index (κ3) is 5.50. The zero-order valence-electron chi connectivity index (χ0n) is 20.5. The number of aliphatic hydroxyl groups excluding tert-OH is 2. The summed E-state index contributed by atoms with van der Waals surface area (Å²) in [6.07, 6.45) is 0.454. The second-order valence-electron chi connectivity index (χ2n) is 9.08. The Bertz CT molecular complexity index is 976. The van der Waals surface area contributed by atoms with Crippen LogP contribution in [0.15, 0.2) is 23.8 Å². The highest BCUT2D eigenvalue weighted by Crippen LogP contribution is 2.51. The topological polar surface area (TPSA) is 135 Å². The van der Waals surface area contributed by atoms with Crippen LogP contribution in [0.5, 0.6) is 11.5 Å². The SMILES string of the molecule is COCCN(C(=O)CC(C)C)[C@@H]1C=C(C(=O)NCCO)[C@@H]2c3cc(C=O)cc(OC)c3O[C@@H]2[C@H]1O. The van der Waals surface area contributed by atoms with Gasteiger partial charge in [-0.1, -0.05) is 13.8 Å². The number of benzene rings is 1. The van der Waals surface area contributed by atoms with E-state index in [4.69, 9.17) is 14.2 Å². The Morgan fingerprint density at radius 3 is 2.63 bits per heavy atom. The molecule has 0 saturated carbocycles. The van der Waals surface area contributed by atoms with Crippen molar-refractivity contribution < 1.29 is 38.8 Å². The highest BCUT2D eigenvalue weighted by atomic mass is 16.5. The van der Waals surface area contributed by atoms with Crippen LogP contribution in [-0.4, -0.2) is 92.0 Å². The van der Waals surface area contributed by atoms with Gasteiger partial charge >= 0.3 is 0 Å². The minimum absolute atomic E-state index is 0.0336. The standard InChI is InChI=1S/C25H34N2O8/c1-14(2)9-20(30)27(6-8-33-3)18-12-17(25(32)26-5-7-28)21-16-10-15(13-29)11-19(34-4)23(16)35-24(21)22(18)31/h10-14,18,21-22,24,28,31H,5-9H2,1-4H3,(H,26,32)/t18-,21+,22+,24+/m1/s1. The number of fused-ring (bicyclic) bond motifs is 3. The Balaban J connectivity index is 2.11. The summed E-state index contributed by atoms with van der Waals surface area (Å²) in [5, 5.41) is 23.3. The van der Waals surface area contributed by atoms with Crippen LogP contribution in [0.3, 0.4) is 0 Å². The molecule has 3 N–H and O–H groups in total. The maximum atomic E-state index is 13.2. The molecule has 1 aromatic carbocycles. The number of nitrogens with one attached hydrogen (secondary N) is 1. The number of carbonyl (C=O) groups is 3. The number of rotatable bonds is 11. The van der Waals surface area contributed by atoms with E-state index in [2.05, 4.69) is 5.32 Å². The molecule has 35 heavy (non-hydrogen) atoms. The predicted molar refractivity (Wildman–Crippen MR) is 127 cm³/mol. The molecule has 10 heteroatoms. The maximum Gasteiger partial charge on any atom is 0.247 e. The number of nitrogens with zero attached hydrogens (tertiary/aromatic N) is 1. The molecule has 0 spiro atoms. The monoisotopic (exact) mass is 490 g/mol. The number of aldehydes is 1. The summed E-state index contributed by atoms with van der Waals surface area (Å²) in [6.45, 7) is 4.11. The van der Waals surface area contributed by atoms with Crippen LogP contribution in [0.2, 0.25) is 0 Å². The van der Waals surface area contributed by atoms with Gasteiger partial charge in [0.05, 0.1) is 32.3 Å².